The van der Waals surface area contributed by atoms with Crippen LogP contribution >= 0.6 is 0 Å². The van der Waals surface area contributed by atoms with E-state index in [0.717, 1.165) is 24.6 Å². The van der Waals surface area contributed by atoms with Gasteiger partial charge in [-0.2, -0.15) is 0 Å². The van der Waals surface area contributed by atoms with Crippen molar-refractivity contribution < 1.29 is 14.3 Å². The molecule has 0 spiro atoms. The molecule has 0 amide bonds. The molecule has 4 saturated carbocycles. The Hall–Kier alpha value is -2.53. The number of hydrogen-bond donors (Lipinski definition) is 2. The van der Waals surface area contributed by atoms with Crippen LogP contribution in [0.2, 0.25) is 0 Å². The molecule has 0 bridgehead atoms. The van der Waals surface area contributed by atoms with E-state index in [1.807, 2.05) is 18.2 Å². The smallest absolute Gasteiger partial charge is 0.335 e. The van der Waals surface area contributed by atoms with Gasteiger partial charge in [0.15, 0.2) is 0 Å². The van der Waals surface area contributed by atoms with Crippen molar-refractivity contribution >= 4 is 11.5 Å². The number of hydrogen-bond acceptors (Lipinski definition) is 3. The monoisotopic (exact) mass is 598 g/mol. The molecule has 8 atom stereocenters. The second kappa shape index (κ2) is 10.2. The zero-order chi connectivity index (χ0) is 31.1. The normalized spacial score (nSPS) is 40.6. The van der Waals surface area contributed by atoms with Crippen LogP contribution in [-0.4, -0.2) is 21.6 Å². The summed E-state index contributed by atoms with van der Waals surface area (Å²) in [5, 5.41) is 13.5. The van der Waals surface area contributed by atoms with Crippen molar-refractivity contribution in [1.82, 2.24) is 10.3 Å². The summed E-state index contributed by atoms with van der Waals surface area (Å²) in [6.45, 7) is 13.7. The molecule has 5 heteroatoms. The first kappa shape index (κ1) is 30.1. The van der Waals surface area contributed by atoms with Crippen LogP contribution in [0.5, 0.6) is 0 Å². The number of rotatable bonds is 5. The van der Waals surface area contributed by atoms with E-state index in [1.165, 1.54) is 81.2 Å². The minimum Gasteiger partial charge on any atom is -0.478 e. The number of fused-ring (bicyclic) bond motifs is 7. The van der Waals surface area contributed by atoms with Gasteiger partial charge in [-0.25, -0.2) is 9.18 Å². The van der Waals surface area contributed by atoms with Crippen LogP contribution in [-0.2, 0) is 6.54 Å². The number of carbonyl (C=O) groups is 1. The molecule has 0 radical (unpaired) electrons. The molecule has 3 unspecified atom stereocenters. The number of carboxylic acid groups (broad SMARTS) is 1. The maximum atomic E-state index is 13.5. The lowest BCUT2D eigenvalue weighted by Gasteiger charge is -2.72. The number of aromatic carboxylic acids is 1. The first-order valence-corrected chi connectivity index (χ1v) is 17.2. The van der Waals surface area contributed by atoms with Crippen molar-refractivity contribution in [3.8, 4) is 0 Å². The average Bonchev–Trinajstić information content (AvgIpc) is 3.41. The zero-order valence-electron chi connectivity index (χ0n) is 27.4. The van der Waals surface area contributed by atoms with Crippen LogP contribution in [0.3, 0.4) is 0 Å². The van der Waals surface area contributed by atoms with E-state index in [-0.39, 0.29) is 22.2 Å². The molecule has 2 aromatic rings. The van der Waals surface area contributed by atoms with E-state index < -0.39 is 5.97 Å². The third-order valence-electron chi connectivity index (χ3n) is 14.8. The second-order valence-corrected chi connectivity index (χ2v) is 16.6. The highest BCUT2D eigenvalue weighted by Crippen LogP contribution is 2.76. The largest absolute Gasteiger partial charge is 0.478 e. The fourth-order valence-electron chi connectivity index (χ4n) is 12.5. The summed E-state index contributed by atoms with van der Waals surface area (Å²) in [5.41, 5.74) is 4.99. The quantitative estimate of drug-likeness (QED) is 0.360. The molecule has 1 heterocycles. The molecule has 5 aliphatic carbocycles. The predicted molar refractivity (Wildman–Crippen MR) is 173 cm³/mol. The van der Waals surface area contributed by atoms with E-state index in [9.17, 15) is 14.3 Å². The molecule has 44 heavy (non-hydrogen) atoms. The van der Waals surface area contributed by atoms with E-state index in [0.29, 0.717) is 34.1 Å². The fraction of sp³-hybridized carbons (Fsp3) is 0.641. The molecule has 1 aromatic carbocycles. The maximum Gasteiger partial charge on any atom is 0.335 e. The molecule has 4 fully saturated rings. The molecule has 1 aromatic heterocycles. The highest BCUT2D eigenvalue weighted by molar-refractivity contribution is 5.88. The fourth-order valence-corrected chi connectivity index (χ4v) is 12.5. The van der Waals surface area contributed by atoms with E-state index in [1.54, 1.807) is 12.1 Å². The van der Waals surface area contributed by atoms with Crippen molar-refractivity contribution in [1.29, 1.82) is 0 Å². The third kappa shape index (κ3) is 4.23. The first-order valence-electron chi connectivity index (χ1n) is 17.2. The highest BCUT2D eigenvalue weighted by atomic mass is 19.1. The van der Waals surface area contributed by atoms with Gasteiger partial charge < -0.3 is 10.4 Å². The lowest BCUT2D eigenvalue weighted by molar-refractivity contribution is -0.217. The van der Waals surface area contributed by atoms with Crippen LogP contribution in [0.4, 0.5) is 4.39 Å². The van der Waals surface area contributed by atoms with Crippen LogP contribution in [0.25, 0.3) is 5.57 Å². The number of aromatic nitrogens is 1. The van der Waals surface area contributed by atoms with Gasteiger partial charge in [-0.05, 0) is 139 Å². The summed E-state index contributed by atoms with van der Waals surface area (Å²) in [6.07, 6.45) is 16.6. The lowest BCUT2D eigenvalue weighted by atomic mass is 9.33. The maximum absolute atomic E-state index is 13.5. The van der Waals surface area contributed by atoms with Crippen LogP contribution in [0.1, 0.15) is 120 Å². The number of benzene rings is 1. The summed E-state index contributed by atoms with van der Waals surface area (Å²) >= 11 is 0. The van der Waals surface area contributed by atoms with Crippen molar-refractivity contribution in [2.75, 3.05) is 0 Å². The number of nitrogens with one attached hydrogen (secondary N) is 1. The van der Waals surface area contributed by atoms with Gasteiger partial charge in [-0.15, -0.1) is 0 Å². The Kier molecular flexibility index (Phi) is 7.01. The zero-order valence-corrected chi connectivity index (χ0v) is 27.4. The molecule has 7 rings (SSSR count). The average molecular weight is 599 g/mol. The second-order valence-electron chi connectivity index (χ2n) is 16.6. The van der Waals surface area contributed by atoms with Gasteiger partial charge in [0.2, 0.25) is 0 Å². The Bertz CT molecular complexity index is 1470. The minimum atomic E-state index is -0.866. The van der Waals surface area contributed by atoms with Crippen LogP contribution < -0.4 is 5.32 Å². The molecular weight excluding hydrogens is 547 g/mol. The highest BCUT2D eigenvalue weighted by Gasteiger charge is 2.69. The predicted octanol–water partition coefficient (Wildman–Crippen LogP) is 9.31. The Balaban J connectivity index is 1.16. The standard InChI is InChI=1S/C39H51FN2O2/c1-35(2)29(25-8-10-26(11-9-25)34(43)44)16-19-36(3)32(35)17-20-38(5)33(36)15-14-30-31-7-6-18-39(31,22-21-37(30,38)4)42-24-28-13-12-27(40)23-41-28/h8-13,16,23,30-33,42H,6-7,14-15,17-22,24H2,1-5H3,(H,43,44)/t30-,31?,32?,33?,36+,37-,38-,39+/m1/s1. The Morgan fingerprint density at radius 1 is 0.886 bits per heavy atom. The lowest BCUT2D eigenvalue weighted by Crippen LogP contribution is -2.67. The minimum absolute atomic E-state index is 0.0301. The number of halogens is 1. The van der Waals surface area contributed by atoms with Crippen molar-refractivity contribution in [2.24, 2.45) is 45.3 Å². The van der Waals surface area contributed by atoms with Gasteiger partial charge in [-0.1, -0.05) is 59.2 Å². The van der Waals surface area contributed by atoms with Gasteiger partial charge in [-0.3, -0.25) is 4.98 Å². The summed E-state index contributed by atoms with van der Waals surface area (Å²) < 4.78 is 13.5. The Labute approximate surface area is 263 Å². The summed E-state index contributed by atoms with van der Waals surface area (Å²) in [6, 6.07) is 10.9. The van der Waals surface area contributed by atoms with Crippen molar-refractivity contribution in [3.05, 3.63) is 71.3 Å². The van der Waals surface area contributed by atoms with E-state index in [2.05, 4.69) is 51.0 Å². The van der Waals surface area contributed by atoms with Gasteiger partial charge in [0.1, 0.15) is 5.82 Å². The van der Waals surface area contributed by atoms with Crippen LogP contribution in [0.15, 0.2) is 48.7 Å². The van der Waals surface area contributed by atoms with Gasteiger partial charge >= 0.3 is 5.97 Å². The topological polar surface area (TPSA) is 62.2 Å². The molecule has 4 nitrogen and oxygen atoms in total. The Morgan fingerprint density at radius 3 is 2.36 bits per heavy atom. The van der Waals surface area contributed by atoms with E-state index in [4.69, 9.17) is 0 Å². The van der Waals surface area contributed by atoms with E-state index >= 15 is 0 Å². The number of pyridine rings is 1. The summed E-state index contributed by atoms with van der Waals surface area (Å²) in [5.74, 6) is 1.61. The van der Waals surface area contributed by atoms with Gasteiger partial charge in [0, 0.05) is 12.1 Å². The van der Waals surface area contributed by atoms with Crippen molar-refractivity contribution in [2.45, 2.75) is 111 Å². The first-order chi connectivity index (χ1) is 20.8. The number of allylic oxidation sites excluding steroid dienone is 2. The molecule has 0 aliphatic heterocycles. The molecular formula is C39H51FN2O2. The summed E-state index contributed by atoms with van der Waals surface area (Å²) in [7, 11) is 0. The van der Waals surface area contributed by atoms with Gasteiger partial charge in [0.05, 0.1) is 17.5 Å². The molecule has 0 saturated heterocycles. The Morgan fingerprint density at radius 2 is 1.66 bits per heavy atom. The van der Waals surface area contributed by atoms with Crippen molar-refractivity contribution in [3.63, 3.8) is 0 Å². The molecule has 5 aliphatic rings. The number of carboxylic acids is 1. The molecule has 236 valence electrons. The third-order valence-corrected chi connectivity index (χ3v) is 14.8. The van der Waals surface area contributed by atoms with Gasteiger partial charge in [0.25, 0.3) is 0 Å². The van der Waals surface area contributed by atoms with Crippen LogP contribution in [0, 0.1) is 51.1 Å². The number of nitrogens with zero attached hydrogens (tertiary/aromatic N) is 1. The summed E-state index contributed by atoms with van der Waals surface area (Å²) in [4.78, 5) is 15.8. The molecule has 2 N–H and O–H groups in total. The SMILES string of the molecule is CC1(C)C(c2ccc(C(=O)O)cc2)=CC[C@@]2(C)C1CC[C@]1(C)C2CC[C@@H]2C3CCC[C@]3(NCc3ccc(F)cn3)CC[C@]21C.